The first kappa shape index (κ1) is 31.2. The molecule has 0 radical (unpaired) electrons. The van der Waals surface area contributed by atoms with Gasteiger partial charge in [0.05, 0.1) is 0 Å². The van der Waals surface area contributed by atoms with E-state index in [1.807, 2.05) is 12.1 Å². The lowest BCUT2D eigenvalue weighted by Crippen LogP contribution is -2.22. The second-order valence-corrected chi connectivity index (χ2v) is 16.6. The molecule has 0 spiro atoms. The van der Waals surface area contributed by atoms with E-state index in [2.05, 4.69) is 157 Å². The quantitative estimate of drug-likeness (QED) is 0.175. The summed E-state index contributed by atoms with van der Waals surface area (Å²) in [6.45, 7) is 14.6. The van der Waals surface area contributed by atoms with Crippen LogP contribution in [0.15, 0.2) is 140 Å². The van der Waals surface area contributed by atoms with Gasteiger partial charge in [-0.25, -0.2) is 4.39 Å². The Bertz CT molecular complexity index is 2570. The molecule has 0 bridgehead atoms. The van der Waals surface area contributed by atoms with Crippen molar-refractivity contribution in [2.24, 2.45) is 0 Å². The molecule has 0 aromatic heterocycles. The summed E-state index contributed by atoms with van der Waals surface area (Å²) in [5.41, 5.74) is 23.2. The lowest BCUT2D eigenvalue weighted by atomic mass is 9.71. The van der Waals surface area contributed by atoms with E-state index in [1.54, 1.807) is 12.1 Å². The van der Waals surface area contributed by atoms with E-state index in [0.717, 1.165) is 11.1 Å². The molecule has 0 amide bonds. The van der Waals surface area contributed by atoms with Gasteiger partial charge in [0.2, 0.25) is 0 Å². The lowest BCUT2D eigenvalue weighted by molar-refractivity contribution is 0.628. The van der Waals surface area contributed by atoms with Gasteiger partial charge in [-0.3, -0.25) is 0 Å². The van der Waals surface area contributed by atoms with Crippen LogP contribution in [0.2, 0.25) is 0 Å². The molecule has 0 unspecified atom stereocenters. The summed E-state index contributed by atoms with van der Waals surface area (Å²) in [6, 6.07) is 49.8. The number of benzene rings is 7. The number of hydrogen-bond acceptors (Lipinski definition) is 0. The smallest absolute Gasteiger partial charge is 0.123 e. The Morgan fingerprint density at radius 1 is 0.327 bits per heavy atom. The Hall–Kier alpha value is -5.53. The highest BCUT2D eigenvalue weighted by Crippen LogP contribution is 2.67. The standard InChI is InChI=1S/C51H41F/c1-49(2)41-28-34(31-15-11-8-12-16-31)20-25-38(41)44-46(49)43-37-24-19-33(30-13-9-7-10-14-30)27-40(37)50(3,4)47(43)45-39-26-21-35(32-17-22-36(52)23-18-32)29-42(39)51(5,6)48(44)45/h7-29H,1-6H3. The second kappa shape index (κ2) is 10.5. The van der Waals surface area contributed by atoms with Crippen molar-refractivity contribution in [3.05, 3.63) is 179 Å². The summed E-state index contributed by atoms with van der Waals surface area (Å²) in [5.74, 6) is -0.210. The predicted molar refractivity (Wildman–Crippen MR) is 215 cm³/mol. The first-order chi connectivity index (χ1) is 25.0. The van der Waals surface area contributed by atoms with E-state index in [0.29, 0.717) is 0 Å². The molecule has 0 nitrogen and oxygen atoms in total. The van der Waals surface area contributed by atoms with Crippen LogP contribution in [0.25, 0.3) is 66.8 Å². The van der Waals surface area contributed by atoms with E-state index in [-0.39, 0.29) is 22.1 Å². The molecule has 0 heterocycles. The summed E-state index contributed by atoms with van der Waals surface area (Å²) < 4.78 is 14.0. The number of rotatable bonds is 3. The Balaban J connectivity index is 1.30. The molecule has 3 aliphatic rings. The summed E-state index contributed by atoms with van der Waals surface area (Å²) in [4.78, 5) is 0. The van der Waals surface area contributed by atoms with Crippen LogP contribution in [0.5, 0.6) is 0 Å². The first-order valence-electron chi connectivity index (χ1n) is 18.5. The summed E-state index contributed by atoms with van der Waals surface area (Å²) >= 11 is 0. The van der Waals surface area contributed by atoms with Crippen LogP contribution in [0.4, 0.5) is 4.39 Å². The molecule has 52 heavy (non-hydrogen) atoms. The van der Waals surface area contributed by atoms with Crippen molar-refractivity contribution in [2.45, 2.75) is 57.8 Å². The SMILES string of the molecule is CC1(C)c2cc(-c3ccccc3)ccc2-c2c1c1c(c3c2C(C)(C)c2cc(-c4ccc(F)cc4)ccc2-3)C(C)(C)c2cc(-c3ccccc3)ccc2-1. The van der Waals surface area contributed by atoms with E-state index < -0.39 is 0 Å². The maximum Gasteiger partial charge on any atom is 0.123 e. The normalized spacial score (nSPS) is 16.1. The molecule has 252 valence electrons. The van der Waals surface area contributed by atoms with E-state index in [4.69, 9.17) is 0 Å². The third kappa shape index (κ3) is 4.08. The molecule has 0 atom stereocenters. The minimum absolute atomic E-state index is 0.210. The van der Waals surface area contributed by atoms with Crippen molar-refractivity contribution in [3.8, 4) is 66.8 Å². The van der Waals surface area contributed by atoms with Gasteiger partial charge >= 0.3 is 0 Å². The highest BCUT2D eigenvalue weighted by Gasteiger charge is 2.52. The van der Waals surface area contributed by atoms with Crippen molar-refractivity contribution in [1.82, 2.24) is 0 Å². The zero-order valence-corrected chi connectivity index (χ0v) is 30.7. The Kier molecular flexibility index (Phi) is 6.31. The molecule has 7 aromatic carbocycles. The largest absolute Gasteiger partial charge is 0.207 e. The first-order valence-corrected chi connectivity index (χ1v) is 18.5. The highest BCUT2D eigenvalue weighted by molar-refractivity contribution is 6.05. The minimum Gasteiger partial charge on any atom is -0.207 e. The molecule has 0 fully saturated rings. The monoisotopic (exact) mass is 672 g/mol. The fourth-order valence-electron chi connectivity index (χ4n) is 10.1. The molecule has 0 saturated carbocycles. The second-order valence-electron chi connectivity index (χ2n) is 16.6. The fourth-order valence-corrected chi connectivity index (χ4v) is 10.1. The van der Waals surface area contributed by atoms with Crippen LogP contribution in [-0.4, -0.2) is 0 Å². The van der Waals surface area contributed by atoms with E-state index >= 15 is 0 Å². The molecule has 7 aromatic rings. The molecular formula is C51H41F. The highest BCUT2D eigenvalue weighted by atomic mass is 19.1. The molecule has 0 saturated heterocycles. The maximum absolute atomic E-state index is 14.0. The average molecular weight is 673 g/mol. The number of fused-ring (bicyclic) bond motifs is 12. The van der Waals surface area contributed by atoms with Crippen LogP contribution < -0.4 is 0 Å². The molecule has 1 heteroatoms. The van der Waals surface area contributed by atoms with Gasteiger partial charge in [0, 0.05) is 16.2 Å². The summed E-state index contributed by atoms with van der Waals surface area (Å²) in [5, 5.41) is 0. The van der Waals surface area contributed by atoms with Gasteiger partial charge in [-0.2, -0.15) is 0 Å². The van der Waals surface area contributed by atoms with E-state index in [9.17, 15) is 4.39 Å². The van der Waals surface area contributed by atoms with Crippen LogP contribution in [0.1, 0.15) is 74.9 Å². The van der Waals surface area contributed by atoms with Gasteiger partial charge < -0.3 is 0 Å². The maximum atomic E-state index is 14.0. The van der Waals surface area contributed by atoms with Crippen molar-refractivity contribution in [3.63, 3.8) is 0 Å². The van der Waals surface area contributed by atoms with Crippen LogP contribution in [0, 0.1) is 5.82 Å². The van der Waals surface area contributed by atoms with Gasteiger partial charge in [0.25, 0.3) is 0 Å². The molecule has 10 rings (SSSR count). The molecule has 0 aliphatic heterocycles. The van der Waals surface area contributed by atoms with Crippen LogP contribution in [-0.2, 0) is 16.2 Å². The zero-order valence-electron chi connectivity index (χ0n) is 30.7. The topological polar surface area (TPSA) is 0 Å². The third-order valence-corrected chi connectivity index (χ3v) is 12.7. The lowest BCUT2D eigenvalue weighted by Gasteiger charge is -2.31. The van der Waals surface area contributed by atoms with Crippen molar-refractivity contribution in [1.29, 1.82) is 0 Å². The van der Waals surface area contributed by atoms with Crippen LogP contribution >= 0.6 is 0 Å². The Labute approximate surface area is 306 Å². The van der Waals surface area contributed by atoms with E-state index in [1.165, 1.54) is 89.0 Å². The average Bonchev–Trinajstić information content (AvgIpc) is 3.64. The van der Waals surface area contributed by atoms with Crippen LogP contribution in [0.3, 0.4) is 0 Å². The van der Waals surface area contributed by atoms with Gasteiger partial charge in [0.1, 0.15) is 5.82 Å². The van der Waals surface area contributed by atoms with Gasteiger partial charge in [-0.15, -0.1) is 0 Å². The molecular weight excluding hydrogens is 632 g/mol. The van der Waals surface area contributed by atoms with Crippen molar-refractivity contribution in [2.75, 3.05) is 0 Å². The molecule has 0 N–H and O–H groups in total. The minimum atomic E-state index is -0.268. The van der Waals surface area contributed by atoms with Crippen molar-refractivity contribution < 1.29 is 4.39 Å². The van der Waals surface area contributed by atoms with Crippen molar-refractivity contribution >= 4 is 0 Å². The third-order valence-electron chi connectivity index (χ3n) is 12.7. The summed E-state index contributed by atoms with van der Waals surface area (Å²) in [7, 11) is 0. The zero-order chi connectivity index (χ0) is 35.7. The fraction of sp³-hybridized carbons (Fsp3) is 0.176. The number of hydrogen-bond donors (Lipinski definition) is 0. The number of halogens is 1. The molecule has 3 aliphatic carbocycles. The van der Waals surface area contributed by atoms with Gasteiger partial charge in [-0.05, 0) is 130 Å². The Morgan fingerprint density at radius 3 is 0.942 bits per heavy atom. The van der Waals surface area contributed by atoms with Gasteiger partial charge in [-0.1, -0.05) is 151 Å². The van der Waals surface area contributed by atoms with Gasteiger partial charge in [0.15, 0.2) is 0 Å². The predicted octanol–water partition coefficient (Wildman–Crippen LogP) is 13.7. The Morgan fingerprint density at radius 2 is 0.615 bits per heavy atom. The summed E-state index contributed by atoms with van der Waals surface area (Å²) in [6.07, 6.45) is 0.